The highest BCUT2D eigenvalue weighted by Crippen LogP contribution is 2.28. The molecular weight excluding hydrogens is 240 g/mol. The van der Waals surface area contributed by atoms with Crippen molar-refractivity contribution in [2.45, 2.75) is 19.6 Å². The lowest BCUT2D eigenvalue weighted by atomic mass is 10.2. The Bertz CT molecular complexity index is 461. The minimum atomic E-state index is -1.18. The first kappa shape index (κ1) is 13.9. The second-order valence-corrected chi connectivity index (χ2v) is 3.69. The molecule has 7 heteroatoms. The molecule has 18 heavy (non-hydrogen) atoms. The number of nitro groups is 1. The van der Waals surface area contributed by atoms with Gasteiger partial charge in [-0.1, -0.05) is 6.07 Å². The number of carbonyl (C=O) groups is 1. The molecule has 2 N–H and O–H groups in total. The van der Waals surface area contributed by atoms with Crippen molar-refractivity contribution in [3.05, 3.63) is 33.9 Å². The van der Waals surface area contributed by atoms with Crippen LogP contribution in [0.15, 0.2) is 18.2 Å². The maximum Gasteiger partial charge on any atom is 0.344 e. The Morgan fingerprint density at radius 1 is 1.61 bits per heavy atom. The van der Waals surface area contributed by atoms with Crippen molar-refractivity contribution in [3.8, 4) is 5.75 Å². The van der Waals surface area contributed by atoms with Crippen LogP contribution in [0.2, 0.25) is 0 Å². The molecule has 1 atom stereocenters. The number of nitrogens with one attached hydrogen (secondary N) is 1. The van der Waals surface area contributed by atoms with Crippen molar-refractivity contribution < 1.29 is 19.6 Å². The molecule has 0 aromatic heterocycles. The molecule has 1 rings (SSSR count). The number of carboxylic acids is 1. The molecule has 7 nitrogen and oxygen atoms in total. The summed E-state index contributed by atoms with van der Waals surface area (Å²) in [6, 6.07) is 4.41. The summed E-state index contributed by atoms with van der Waals surface area (Å²) in [5.41, 5.74) is 0.482. The molecule has 0 fully saturated rings. The molecule has 0 amide bonds. The fourth-order valence-electron chi connectivity index (χ4n) is 1.36. The Morgan fingerprint density at radius 2 is 2.28 bits per heavy atom. The molecule has 1 unspecified atom stereocenters. The van der Waals surface area contributed by atoms with E-state index in [0.29, 0.717) is 6.54 Å². The Kier molecular flexibility index (Phi) is 4.61. The van der Waals surface area contributed by atoms with Gasteiger partial charge in [-0.25, -0.2) is 4.79 Å². The highest BCUT2D eigenvalue weighted by Gasteiger charge is 2.20. The van der Waals surface area contributed by atoms with Crippen LogP contribution in [0, 0.1) is 10.1 Å². The van der Waals surface area contributed by atoms with Crippen LogP contribution in [0.25, 0.3) is 0 Å². The molecule has 0 radical (unpaired) electrons. The van der Waals surface area contributed by atoms with E-state index in [1.807, 2.05) is 0 Å². The lowest BCUT2D eigenvalue weighted by Gasteiger charge is -2.11. The molecule has 0 aliphatic carbocycles. The zero-order valence-electron chi connectivity index (χ0n) is 10.0. The summed E-state index contributed by atoms with van der Waals surface area (Å²) >= 11 is 0. The van der Waals surface area contributed by atoms with Crippen molar-refractivity contribution in [1.29, 1.82) is 0 Å². The second kappa shape index (κ2) is 5.97. The third kappa shape index (κ3) is 3.42. The van der Waals surface area contributed by atoms with E-state index in [0.717, 1.165) is 5.56 Å². The average Bonchev–Trinajstić information content (AvgIpc) is 2.30. The highest BCUT2D eigenvalue weighted by atomic mass is 16.6. The SMILES string of the molecule is CNCc1ccc(OC(C)C(=O)O)c([N+](=O)[O-])c1. The van der Waals surface area contributed by atoms with E-state index in [2.05, 4.69) is 5.32 Å². The summed E-state index contributed by atoms with van der Waals surface area (Å²) in [6.45, 7) is 1.79. The number of rotatable bonds is 6. The van der Waals surface area contributed by atoms with Gasteiger partial charge < -0.3 is 15.2 Å². The minimum Gasteiger partial charge on any atom is -0.479 e. The maximum atomic E-state index is 10.9. The van der Waals surface area contributed by atoms with E-state index in [9.17, 15) is 14.9 Å². The number of benzene rings is 1. The van der Waals surface area contributed by atoms with Gasteiger partial charge in [0.05, 0.1) is 4.92 Å². The zero-order chi connectivity index (χ0) is 13.7. The third-order valence-corrected chi connectivity index (χ3v) is 2.25. The van der Waals surface area contributed by atoms with Crippen LogP contribution in [0.1, 0.15) is 12.5 Å². The van der Waals surface area contributed by atoms with Gasteiger partial charge in [-0.05, 0) is 25.6 Å². The van der Waals surface area contributed by atoms with E-state index in [1.54, 1.807) is 13.1 Å². The van der Waals surface area contributed by atoms with Gasteiger partial charge in [0.25, 0.3) is 0 Å². The number of nitro benzene ring substituents is 1. The fraction of sp³-hybridized carbons (Fsp3) is 0.364. The first-order chi connectivity index (χ1) is 8.45. The number of hydrogen-bond acceptors (Lipinski definition) is 5. The highest BCUT2D eigenvalue weighted by molar-refractivity contribution is 5.72. The number of hydrogen-bond donors (Lipinski definition) is 2. The first-order valence-corrected chi connectivity index (χ1v) is 5.27. The Morgan fingerprint density at radius 3 is 2.78 bits per heavy atom. The van der Waals surface area contributed by atoms with Gasteiger partial charge in [-0.3, -0.25) is 10.1 Å². The van der Waals surface area contributed by atoms with E-state index in [4.69, 9.17) is 9.84 Å². The van der Waals surface area contributed by atoms with E-state index >= 15 is 0 Å². The average molecular weight is 254 g/mol. The van der Waals surface area contributed by atoms with Crippen molar-refractivity contribution in [2.75, 3.05) is 7.05 Å². The van der Waals surface area contributed by atoms with Gasteiger partial charge in [0.2, 0.25) is 0 Å². The first-order valence-electron chi connectivity index (χ1n) is 5.27. The lowest BCUT2D eigenvalue weighted by molar-refractivity contribution is -0.386. The van der Waals surface area contributed by atoms with Crippen LogP contribution in [-0.2, 0) is 11.3 Å². The summed E-state index contributed by atoms with van der Waals surface area (Å²) < 4.78 is 5.04. The molecule has 0 heterocycles. The predicted molar refractivity (Wildman–Crippen MR) is 63.6 cm³/mol. The zero-order valence-corrected chi connectivity index (χ0v) is 10.0. The number of carboxylic acid groups (broad SMARTS) is 1. The van der Waals surface area contributed by atoms with Gasteiger partial charge in [0.1, 0.15) is 0 Å². The second-order valence-electron chi connectivity index (χ2n) is 3.69. The molecule has 0 aliphatic heterocycles. The van der Waals surface area contributed by atoms with Crippen molar-refractivity contribution >= 4 is 11.7 Å². The largest absolute Gasteiger partial charge is 0.479 e. The monoisotopic (exact) mass is 254 g/mol. The molecule has 0 aliphatic rings. The van der Waals surface area contributed by atoms with Crippen LogP contribution < -0.4 is 10.1 Å². The molecule has 1 aromatic rings. The van der Waals surface area contributed by atoms with E-state index in [-0.39, 0.29) is 11.4 Å². The van der Waals surface area contributed by atoms with Crippen LogP contribution in [0.5, 0.6) is 5.75 Å². The standard InChI is InChI=1S/C11H14N2O5/c1-7(11(14)15)18-10-4-3-8(6-12-2)5-9(10)13(16)17/h3-5,7,12H,6H2,1-2H3,(H,14,15). The quantitative estimate of drug-likeness (QED) is 0.583. The van der Waals surface area contributed by atoms with Crippen molar-refractivity contribution in [3.63, 3.8) is 0 Å². The molecule has 1 aromatic carbocycles. The number of aliphatic carboxylic acids is 1. The topological polar surface area (TPSA) is 102 Å². The van der Waals surface area contributed by atoms with Gasteiger partial charge in [0.15, 0.2) is 11.9 Å². The summed E-state index contributed by atoms with van der Waals surface area (Å²) in [4.78, 5) is 20.9. The van der Waals surface area contributed by atoms with Crippen LogP contribution >= 0.6 is 0 Å². The third-order valence-electron chi connectivity index (χ3n) is 2.25. The Labute approximate surface area is 104 Å². The van der Waals surface area contributed by atoms with Gasteiger partial charge in [-0.15, -0.1) is 0 Å². The fourth-order valence-corrected chi connectivity index (χ4v) is 1.36. The summed E-state index contributed by atoms with van der Waals surface area (Å²) in [5, 5.41) is 22.5. The molecule has 0 bridgehead atoms. The minimum absolute atomic E-state index is 0.0465. The smallest absolute Gasteiger partial charge is 0.344 e. The van der Waals surface area contributed by atoms with E-state index in [1.165, 1.54) is 19.1 Å². The Hall–Kier alpha value is -2.15. The number of nitrogens with zero attached hydrogens (tertiary/aromatic N) is 1. The van der Waals surface area contributed by atoms with E-state index < -0.39 is 17.0 Å². The molecule has 0 saturated heterocycles. The van der Waals surface area contributed by atoms with Gasteiger partial charge in [0, 0.05) is 12.6 Å². The molecular formula is C11H14N2O5. The molecule has 98 valence electrons. The predicted octanol–water partition coefficient (Wildman–Crippen LogP) is 1.17. The van der Waals surface area contributed by atoms with Crippen molar-refractivity contribution in [1.82, 2.24) is 5.32 Å². The summed E-state index contributed by atoms with van der Waals surface area (Å²) in [7, 11) is 1.72. The van der Waals surface area contributed by atoms with Crippen LogP contribution in [-0.4, -0.2) is 29.2 Å². The summed E-state index contributed by atoms with van der Waals surface area (Å²) in [5.74, 6) is -1.22. The molecule has 0 saturated carbocycles. The maximum absolute atomic E-state index is 10.9. The van der Waals surface area contributed by atoms with Gasteiger partial charge >= 0.3 is 11.7 Å². The molecule has 0 spiro atoms. The Balaban J connectivity index is 3.03. The lowest BCUT2D eigenvalue weighted by Crippen LogP contribution is -2.23. The number of ether oxygens (including phenoxy) is 1. The summed E-state index contributed by atoms with van der Waals surface area (Å²) in [6.07, 6.45) is -1.14. The van der Waals surface area contributed by atoms with Gasteiger partial charge in [-0.2, -0.15) is 0 Å². The normalized spacial score (nSPS) is 11.9. The van der Waals surface area contributed by atoms with Crippen molar-refractivity contribution in [2.24, 2.45) is 0 Å². The van der Waals surface area contributed by atoms with Crippen LogP contribution in [0.3, 0.4) is 0 Å². The van der Waals surface area contributed by atoms with Crippen LogP contribution in [0.4, 0.5) is 5.69 Å².